The van der Waals surface area contributed by atoms with Gasteiger partial charge in [0.2, 0.25) is 0 Å². The maximum absolute atomic E-state index is 6.19. The second-order valence-corrected chi connectivity index (χ2v) is 4.53. The number of piperidine rings is 1. The van der Waals surface area contributed by atoms with Gasteiger partial charge in [-0.2, -0.15) is 0 Å². The second kappa shape index (κ2) is 2.20. The van der Waals surface area contributed by atoms with Crippen LogP contribution in [-0.4, -0.2) is 29.1 Å². The summed E-state index contributed by atoms with van der Waals surface area (Å²) in [5.41, 5.74) is 6.38. The Balaban J connectivity index is 2.10. The first-order valence-electron chi connectivity index (χ1n) is 4.65. The summed E-state index contributed by atoms with van der Waals surface area (Å²) in [6.07, 6.45) is 3.82. The molecule has 1 heterocycles. The molecule has 0 aromatic heterocycles. The summed E-state index contributed by atoms with van der Waals surface area (Å²) >= 11 is 0. The van der Waals surface area contributed by atoms with Gasteiger partial charge < -0.3 is 5.73 Å². The van der Waals surface area contributed by atoms with Gasteiger partial charge in [0.15, 0.2) is 0 Å². The lowest BCUT2D eigenvalue weighted by Crippen LogP contribution is -2.46. The Labute approximate surface area is 68.7 Å². The van der Waals surface area contributed by atoms with Gasteiger partial charge in [0.25, 0.3) is 0 Å². The molecule has 11 heavy (non-hydrogen) atoms. The summed E-state index contributed by atoms with van der Waals surface area (Å²) in [7, 11) is 0. The van der Waals surface area contributed by atoms with Crippen LogP contribution in [0.25, 0.3) is 0 Å². The fourth-order valence-corrected chi connectivity index (χ4v) is 2.65. The molecule has 0 spiro atoms. The van der Waals surface area contributed by atoms with Crippen LogP contribution in [0.1, 0.15) is 33.1 Å². The van der Waals surface area contributed by atoms with Crippen LogP contribution < -0.4 is 5.73 Å². The third-order valence-electron chi connectivity index (χ3n) is 3.25. The normalized spacial score (nSPS) is 44.2. The van der Waals surface area contributed by atoms with Crippen LogP contribution >= 0.6 is 0 Å². The molecule has 2 N–H and O–H groups in total. The Morgan fingerprint density at radius 2 is 2.27 bits per heavy atom. The molecule has 2 nitrogen and oxygen atoms in total. The van der Waals surface area contributed by atoms with Crippen LogP contribution in [-0.2, 0) is 0 Å². The number of fused-ring (bicyclic) bond motifs is 2. The van der Waals surface area contributed by atoms with Gasteiger partial charge >= 0.3 is 0 Å². The molecular formula is C9H18N2. The molecule has 0 aromatic rings. The molecule has 0 aromatic carbocycles. The number of hydrogen-bond donors (Lipinski definition) is 1. The van der Waals surface area contributed by atoms with Crippen molar-refractivity contribution in [2.75, 3.05) is 6.54 Å². The van der Waals surface area contributed by atoms with E-state index in [1.54, 1.807) is 0 Å². The predicted molar refractivity (Wildman–Crippen MR) is 46.4 cm³/mol. The number of nitrogens with two attached hydrogens (primary N) is 1. The maximum Gasteiger partial charge on any atom is 0.0299 e. The highest BCUT2D eigenvalue weighted by Gasteiger charge is 2.47. The SMILES string of the molecule is CC(C)N1CC2(N)CCC1C2. The molecule has 0 amide bonds. The van der Waals surface area contributed by atoms with Crippen molar-refractivity contribution in [3.63, 3.8) is 0 Å². The standard InChI is InChI=1S/C9H18N2/c1-7(2)11-6-9(10)4-3-8(11)5-9/h7-8H,3-6,10H2,1-2H3. The second-order valence-electron chi connectivity index (χ2n) is 4.53. The van der Waals surface area contributed by atoms with E-state index in [4.69, 9.17) is 5.73 Å². The van der Waals surface area contributed by atoms with E-state index in [9.17, 15) is 0 Å². The molecule has 2 heteroatoms. The highest BCUT2D eigenvalue weighted by Crippen LogP contribution is 2.39. The molecule has 2 bridgehead atoms. The van der Waals surface area contributed by atoms with Crippen molar-refractivity contribution in [2.45, 2.75) is 50.7 Å². The van der Waals surface area contributed by atoms with Crippen LogP contribution in [0.4, 0.5) is 0 Å². The van der Waals surface area contributed by atoms with E-state index in [2.05, 4.69) is 18.7 Å². The molecule has 2 aliphatic rings. The summed E-state index contributed by atoms with van der Waals surface area (Å²) in [5, 5.41) is 0. The zero-order chi connectivity index (χ0) is 8.06. The van der Waals surface area contributed by atoms with Crippen molar-refractivity contribution >= 4 is 0 Å². The molecule has 2 rings (SSSR count). The van der Waals surface area contributed by atoms with E-state index in [0.717, 1.165) is 12.6 Å². The fraction of sp³-hybridized carbons (Fsp3) is 1.00. The first kappa shape index (κ1) is 7.56. The Bertz CT molecular complexity index is 167. The summed E-state index contributed by atoms with van der Waals surface area (Å²) in [5.74, 6) is 0. The van der Waals surface area contributed by atoms with E-state index in [-0.39, 0.29) is 5.54 Å². The first-order valence-corrected chi connectivity index (χ1v) is 4.65. The van der Waals surface area contributed by atoms with Crippen molar-refractivity contribution in [3.8, 4) is 0 Å². The third kappa shape index (κ3) is 1.09. The van der Waals surface area contributed by atoms with Gasteiger partial charge in [-0.3, -0.25) is 4.90 Å². The summed E-state index contributed by atoms with van der Waals surface area (Å²) in [6, 6.07) is 1.49. The number of rotatable bonds is 1. The van der Waals surface area contributed by atoms with E-state index in [0.29, 0.717) is 6.04 Å². The number of likely N-dealkylation sites (tertiary alicyclic amines) is 1. The highest BCUT2D eigenvalue weighted by atomic mass is 15.2. The van der Waals surface area contributed by atoms with Crippen molar-refractivity contribution in [1.82, 2.24) is 4.90 Å². The minimum Gasteiger partial charge on any atom is -0.324 e. The average Bonchev–Trinajstić information content (AvgIpc) is 2.41. The lowest BCUT2D eigenvalue weighted by atomic mass is 10.0. The lowest BCUT2D eigenvalue weighted by Gasteiger charge is -2.33. The number of nitrogens with zero attached hydrogens (tertiary/aromatic N) is 1. The lowest BCUT2D eigenvalue weighted by molar-refractivity contribution is 0.162. The van der Waals surface area contributed by atoms with E-state index in [1.165, 1.54) is 19.3 Å². The van der Waals surface area contributed by atoms with Gasteiger partial charge in [0.05, 0.1) is 0 Å². The fourth-order valence-electron chi connectivity index (χ4n) is 2.65. The largest absolute Gasteiger partial charge is 0.324 e. The first-order chi connectivity index (χ1) is 5.11. The van der Waals surface area contributed by atoms with Crippen LogP contribution in [0, 0.1) is 0 Å². The summed E-state index contributed by atoms with van der Waals surface area (Å²) in [4.78, 5) is 2.56. The molecule has 1 aliphatic heterocycles. The van der Waals surface area contributed by atoms with Gasteiger partial charge in [-0.1, -0.05) is 0 Å². The zero-order valence-electron chi connectivity index (χ0n) is 7.51. The average molecular weight is 154 g/mol. The molecule has 2 atom stereocenters. The van der Waals surface area contributed by atoms with E-state index >= 15 is 0 Å². The molecule has 2 unspecified atom stereocenters. The van der Waals surface area contributed by atoms with Crippen molar-refractivity contribution < 1.29 is 0 Å². The monoisotopic (exact) mass is 154 g/mol. The smallest absolute Gasteiger partial charge is 0.0299 e. The van der Waals surface area contributed by atoms with E-state index < -0.39 is 0 Å². The van der Waals surface area contributed by atoms with Crippen molar-refractivity contribution in [3.05, 3.63) is 0 Å². The maximum atomic E-state index is 6.19. The molecule has 1 saturated heterocycles. The molecule has 64 valence electrons. The van der Waals surface area contributed by atoms with E-state index in [1.807, 2.05) is 0 Å². The molecule has 1 aliphatic carbocycles. The third-order valence-corrected chi connectivity index (χ3v) is 3.25. The molecule has 1 saturated carbocycles. The molecular weight excluding hydrogens is 136 g/mol. The van der Waals surface area contributed by atoms with Gasteiger partial charge in [-0.25, -0.2) is 0 Å². The zero-order valence-corrected chi connectivity index (χ0v) is 7.51. The minimum absolute atomic E-state index is 0.189. The predicted octanol–water partition coefficient (Wildman–Crippen LogP) is 0.960. The molecule has 0 radical (unpaired) electrons. The van der Waals surface area contributed by atoms with Crippen molar-refractivity contribution in [2.24, 2.45) is 5.73 Å². The van der Waals surface area contributed by atoms with Crippen molar-refractivity contribution in [1.29, 1.82) is 0 Å². The Kier molecular flexibility index (Phi) is 1.52. The molecule has 2 fully saturated rings. The summed E-state index contributed by atoms with van der Waals surface area (Å²) in [6.45, 7) is 5.67. The Morgan fingerprint density at radius 1 is 1.55 bits per heavy atom. The Hall–Kier alpha value is -0.0800. The van der Waals surface area contributed by atoms with Gasteiger partial charge in [0.1, 0.15) is 0 Å². The Morgan fingerprint density at radius 3 is 2.55 bits per heavy atom. The van der Waals surface area contributed by atoms with Gasteiger partial charge in [-0.05, 0) is 33.1 Å². The van der Waals surface area contributed by atoms with Crippen LogP contribution in [0.2, 0.25) is 0 Å². The quantitative estimate of drug-likeness (QED) is 0.609. The van der Waals surface area contributed by atoms with Crippen LogP contribution in [0.5, 0.6) is 0 Å². The highest BCUT2D eigenvalue weighted by molar-refractivity contribution is 5.06. The van der Waals surface area contributed by atoms with Crippen LogP contribution in [0.15, 0.2) is 0 Å². The van der Waals surface area contributed by atoms with Gasteiger partial charge in [-0.15, -0.1) is 0 Å². The minimum atomic E-state index is 0.189. The topological polar surface area (TPSA) is 29.3 Å². The summed E-state index contributed by atoms with van der Waals surface area (Å²) < 4.78 is 0. The van der Waals surface area contributed by atoms with Gasteiger partial charge in [0, 0.05) is 24.2 Å². The number of hydrogen-bond acceptors (Lipinski definition) is 2. The van der Waals surface area contributed by atoms with Crippen LogP contribution in [0.3, 0.4) is 0 Å².